The molecule has 0 radical (unpaired) electrons. The zero-order valence-corrected chi connectivity index (χ0v) is 23.5. The van der Waals surface area contributed by atoms with E-state index in [1.54, 1.807) is 6.92 Å². The number of carbonyl (C=O) groups is 3. The molecule has 0 fully saturated rings. The molecule has 0 bridgehead atoms. The summed E-state index contributed by atoms with van der Waals surface area (Å²) in [6.07, 6.45) is -0.664. The Balaban J connectivity index is 1.06. The molecule has 212 valence electrons. The van der Waals surface area contributed by atoms with Gasteiger partial charge in [0.1, 0.15) is 25.5 Å². The average Bonchev–Trinajstić information content (AvgIpc) is 3.51. The van der Waals surface area contributed by atoms with Crippen LogP contribution in [-0.2, 0) is 14.3 Å². The van der Waals surface area contributed by atoms with Gasteiger partial charge >= 0.3 is 12.2 Å². The van der Waals surface area contributed by atoms with Crippen molar-refractivity contribution < 1.29 is 23.9 Å². The lowest BCUT2D eigenvalue weighted by Crippen LogP contribution is -2.52. The Morgan fingerprint density at radius 1 is 0.714 bits per heavy atom. The molecule has 2 aliphatic rings. The number of nitrogens with zero attached hydrogens (tertiary/aromatic N) is 1. The minimum Gasteiger partial charge on any atom is -0.449 e. The van der Waals surface area contributed by atoms with Crippen LogP contribution in [0.5, 0.6) is 0 Å². The first-order valence-corrected chi connectivity index (χ1v) is 14.1. The van der Waals surface area contributed by atoms with Crippen molar-refractivity contribution >= 4 is 18.5 Å². The number of carbonyl (C=O) groups excluding carboxylic acids is 3. The van der Waals surface area contributed by atoms with E-state index >= 15 is 0 Å². The maximum atomic E-state index is 13.0. The monoisotopic (exact) mass is 560 g/mol. The summed E-state index contributed by atoms with van der Waals surface area (Å²) in [5, 5.41) is 2.72. The number of benzene rings is 4. The fourth-order valence-corrected chi connectivity index (χ4v) is 6.27. The first kappa shape index (κ1) is 27.3. The molecule has 0 heterocycles. The van der Waals surface area contributed by atoms with Crippen LogP contribution < -0.4 is 5.32 Å². The van der Waals surface area contributed by atoms with Gasteiger partial charge in [0.25, 0.3) is 0 Å². The molecule has 0 saturated carbocycles. The summed E-state index contributed by atoms with van der Waals surface area (Å²) in [5.41, 5.74) is 8.98. The number of nitrogens with one attached hydrogen (secondary N) is 1. The van der Waals surface area contributed by atoms with Crippen LogP contribution >= 0.6 is 0 Å². The van der Waals surface area contributed by atoms with E-state index in [1.807, 2.05) is 60.7 Å². The number of hydrogen-bond acceptors (Lipinski definition) is 5. The van der Waals surface area contributed by atoms with Crippen LogP contribution in [0.4, 0.5) is 9.59 Å². The Hall–Kier alpha value is -4.91. The number of aldehydes is 1. The van der Waals surface area contributed by atoms with Crippen LogP contribution in [0.15, 0.2) is 97.1 Å². The van der Waals surface area contributed by atoms with Crippen molar-refractivity contribution in [2.24, 2.45) is 0 Å². The van der Waals surface area contributed by atoms with Gasteiger partial charge in [0.05, 0.1) is 6.04 Å². The minimum atomic E-state index is -0.943. The third-order valence-corrected chi connectivity index (χ3v) is 8.41. The predicted molar refractivity (Wildman–Crippen MR) is 160 cm³/mol. The smallest absolute Gasteiger partial charge is 0.410 e. The molecule has 42 heavy (non-hydrogen) atoms. The second-order valence-corrected chi connectivity index (χ2v) is 10.8. The lowest BCUT2D eigenvalue weighted by atomic mass is 9.98. The van der Waals surface area contributed by atoms with Gasteiger partial charge in [0, 0.05) is 18.9 Å². The first-order valence-electron chi connectivity index (χ1n) is 14.1. The van der Waals surface area contributed by atoms with E-state index in [0.29, 0.717) is 6.29 Å². The Morgan fingerprint density at radius 2 is 1.10 bits per heavy atom. The zero-order valence-electron chi connectivity index (χ0n) is 23.5. The van der Waals surface area contributed by atoms with E-state index in [9.17, 15) is 14.4 Å². The van der Waals surface area contributed by atoms with E-state index in [4.69, 9.17) is 9.47 Å². The van der Waals surface area contributed by atoms with Gasteiger partial charge < -0.3 is 19.6 Å². The summed E-state index contributed by atoms with van der Waals surface area (Å²) in [5.74, 6) is -0.176. The van der Waals surface area contributed by atoms with Crippen molar-refractivity contribution in [3.63, 3.8) is 0 Å². The van der Waals surface area contributed by atoms with Gasteiger partial charge in [-0.05, 0) is 51.4 Å². The maximum absolute atomic E-state index is 13.0. The van der Waals surface area contributed by atoms with Gasteiger partial charge in [-0.3, -0.25) is 4.90 Å². The average molecular weight is 561 g/mol. The van der Waals surface area contributed by atoms with Crippen molar-refractivity contribution in [2.75, 3.05) is 20.3 Å². The number of ether oxygens (including phenoxy) is 2. The molecule has 7 heteroatoms. The fourth-order valence-electron chi connectivity index (χ4n) is 6.27. The first-order chi connectivity index (χ1) is 20.5. The summed E-state index contributed by atoms with van der Waals surface area (Å²) in [7, 11) is 1.49. The topological polar surface area (TPSA) is 84.9 Å². The molecular formula is C35H32N2O5. The van der Waals surface area contributed by atoms with Crippen LogP contribution in [0.2, 0.25) is 0 Å². The Kier molecular flexibility index (Phi) is 7.48. The van der Waals surface area contributed by atoms with Gasteiger partial charge in [0.2, 0.25) is 0 Å². The highest BCUT2D eigenvalue weighted by Crippen LogP contribution is 2.45. The number of amides is 2. The molecule has 0 spiro atoms. The van der Waals surface area contributed by atoms with Gasteiger partial charge in [0.15, 0.2) is 0 Å². The van der Waals surface area contributed by atoms with Crippen LogP contribution in [-0.4, -0.2) is 55.7 Å². The van der Waals surface area contributed by atoms with Crippen LogP contribution in [0, 0.1) is 0 Å². The van der Waals surface area contributed by atoms with Crippen molar-refractivity contribution in [3.8, 4) is 22.3 Å². The lowest BCUT2D eigenvalue weighted by Gasteiger charge is -2.29. The van der Waals surface area contributed by atoms with E-state index in [-0.39, 0.29) is 25.0 Å². The highest BCUT2D eigenvalue weighted by Gasteiger charge is 2.33. The quantitative estimate of drug-likeness (QED) is 0.254. The summed E-state index contributed by atoms with van der Waals surface area (Å²) >= 11 is 0. The molecule has 6 rings (SSSR count). The van der Waals surface area contributed by atoms with E-state index in [1.165, 1.54) is 11.9 Å². The number of fused-ring (bicyclic) bond motifs is 6. The van der Waals surface area contributed by atoms with E-state index in [0.717, 1.165) is 44.5 Å². The lowest BCUT2D eigenvalue weighted by molar-refractivity contribution is -0.112. The van der Waals surface area contributed by atoms with Crippen LogP contribution in [0.1, 0.15) is 41.0 Å². The van der Waals surface area contributed by atoms with Crippen molar-refractivity contribution in [3.05, 3.63) is 119 Å². The molecule has 4 aromatic rings. The highest BCUT2D eigenvalue weighted by molar-refractivity contribution is 5.80. The molecule has 0 aliphatic heterocycles. The Morgan fingerprint density at radius 3 is 1.50 bits per heavy atom. The van der Waals surface area contributed by atoms with Crippen LogP contribution in [0.25, 0.3) is 22.3 Å². The van der Waals surface area contributed by atoms with Gasteiger partial charge in [-0.2, -0.15) is 0 Å². The summed E-state index contributed by atoms with van der Waals surface area (Å²) in [6.45, 7) is 1.95. The number of likely N-dealkylation sites (N-methyl/N-ethyl adjacent to an activating group) is 1. The van der Waals surface area contributed by atoms with E-state index < -0.39 is 24.3 Å². The predicted octanol–water partition coefficient (Wildman–Crippen LogP) is 6.36. The molecule has 7 nitrogen and oxygen atoms in total. The number of rotatable bonds is 8. The molecule has 0 aromatic heterocycles. The largest absolute Gasteiger partial charge is 0.449 e. The third kappa shape index (κ3) is 4.91. The third-order valence-electron chi connectivity index (χ3n) is 8.41. The molecule has 2 amide bonds. The molecule has 0 saturated heterocycles. The fraction of sp³-hybridized carbons (Fsp3) is 0.229. The SMILES string of the molecule is CC(NC(=O)OCC1c2ccccc2-c2ccccc21)C(C=O)N(C)C(=O)OCC1c2ccccc2-c2ccccc21. The number of alkyl carbamates (subject to hydrolysis) is 1. The molecule has 2 atom stereocenters. The van der Waals surface area contributed by atoms with Crippen LogP contribution in [0.3, 0.4) is 0 Å². The highest BCUT2D eigenvalue weighted by atomic mass is 16.6. The van der Waals surface area contributed by atoms with Crippen molar-refractivity contribution in [1.82, 2.24) is 10.2 Å². The normalized spacial score (nSPS) is 14.5. The molecular weight excluding hydrogens is 528 g/mol. The van der Waals surface area contributed by atoms with Crippen molar-refractivity contribution in [2.45, 2.75) is 30.8 Å². The molecule has 1 N–H and O–H groups in total. The standard InChI is InChI=1S/C35H32N2O5/c1-22(36-34(39)41-20-31-27-15-7-3-11-23(27)24-12-4-8-16-28(24)31)33(19-38)37(2)35(40)42-21-32-29-17-9-5-13-25(29)26-14-6-10-18-30(26)32/h3-19,22,31-33H,20-21H2,1-2H3,(H,36,39). The molecule has 2 unspecified atom stereocenters. The van der Waals surface area contributed by atoms with E-state index in [2.05, 4.69) is 41.7 Å². The second-order valence-electron chi connectivity index (χ2n) is 10.8. The number of hydrogen-bond donors (Lipinski definition) is 1. The van der Waals surface area contributed by atoms with Gasteiger partial charge in [-0.15, -0.1) is 0 Å². The van der Waals surface area contributed by atoms with Crippen molar-refractivity contribution in [1.29, 1.82) is 0 Å². The Bertz CT molecular complexity index is 1560. The van der Waals surface area contributed by atoms with Gasteiger partial charge in [-0.25, -0.2) is 9.59 Å². The minimum absolute atomic E-state index is 0.0798. The molecule has 4 aromatic carbocycles. The summed E-state index contributed by atoms with van der Waals surface area (Å²) in [4.78, 5) is 39.1. The summed E-state index contributed by atoms with van der Waals surface area (Å²) < 4.78 is 11.3. The maximum Gasteiger partial charge on any atom is 0.410 e. The summed E-state index contributed by atoms with van der Waals surface area (Å²) in [6, 6.07) is 30.7. The second kappa shape index (κ2) is 11.5. The molecule has 2 aliphatic carbocycles. The van der Waals surface area contributed by atoms with Gasteiger partial charge in [-0.1, -0.05) is 97.1 Å². The zero-order chi connectivity index (χ0) is 29.2. The Labute approximate surface area is 245 Å².